The van der Waals surface area contributed by atoms with Crippen molar-refractivity contribution in [3.05, 3.63) is 23.2 Å². The van der Waals surface area contributed by atoms with Gasteiger partial charge < -0.3 is 0 Å². The van der Waals surface area contributed by atoms with Crippen LogP contribution in [-0.2, 0) is 6.42 Å². The molecule has 0 N–H and O–H groups in total. The Labute approximate surface area is 71.6 Å². The molecule has 60 valence electrons. The molecule has 0 aliphatic heterocycles. The molecule has 0 saturated carbocycles. The minimum Gasteiger partial charge on any atom is -0.240 e. The molecule has 0 aliphatic carbocycles. The first-order valence-electron chi connectivity index (χ1n) is 3.79. The summed E-state index contributed by atoms with van der Waals surface area (Å²) in [7, 11) is 0. The highest BCUT2D eigenvalue weighted by Gasteiger charge is 1.94. The summed E-state index contributed by atoms with van der Waals surface area (Å²) in [5.74, 6) is 0.885. The van der Waals surface area contributed by atoms with Gasteiger partial charge in [0.05, 0.1) is 5.02 Å². The number of aromatic nitrogens is 2. The predicted octanol–water partition coefficient (Wildman–Crippen LogP) is 2.47. The number of nitrogens with zero attached hydrogens (tertiary/aromatic N) is 2. The monoisotopic (exact) mass is 170 g/mol. The first-order valence-corrected chi connectivity index (χ1v) is 4.17. The molecular weight excluding hydrogens is 160 g/mol. The summed E-state index contributed by atoms with van der Waals surface area (Å²) in [6.07, 6.45) is 6.54. The Bertz CT molecular complexity index is 208. The maximum absolute atomic E-state index is 5.62. The van der Waals surface area contributed by atoms with Crippen LogP contribution in [0.2, 0.25) is 5.02 Å². The van der Waals surface area contributed by atoms with Crippen LogP contribution in [0.15, 0.2) is 12.4 Å². The van der Waals surface area contributed by atoms with Gasteiger partial charge in [-0.15, -0.1) is 0 Å². The third-order valence-corrected chi connectivity index (χ3v) is 1.62. The number of hydrogen-bond donors (Lipinski definition) is 0. The van der Waals surface area contributed by atoms with Crippen molar-refractivity contribution in [2.24, 2.45) is 0 Å². The molecule has 1 rings (SSSR count). The summed E-state index contributed by atoms with van der Waals surface area (Å²) < 4.78 is 0. The Kier molecular flexibility index (Phi) is 3.30. The molecule has 0 fully saturated rings. The third-order valence-electron chi connectivity index (χ3n) is 1.43. The van der Waals surface area contributed by atoms with Gasteiger partial charge in [0.2, 0.25) is 0 Å². The fraction of sp³-hybridized carbons (Fsp3) is 0.500. The molecule has 0 saturated heterocycles. The minimum atomic E-state index is 0.602. The maximum atomic E-state index is 5.62. The van der Waals surface area contributed by atoms with E-state index in [2.05, 4.69) is 16.9 Å². The number of hydrogen-bond acceptors (Lipinski definition) is 2. The lowest BCUT2D eigenvalue weighted by atomic mass is 10.2. The third kappa shape index (κ3) is 2.85. The van der Waals surface area contributed by atoms with Crippen molar-refractivity contribution in [1.82, 2.24) is 9.97 Å². The summed E-state index contributed by atoms with van der Waals surface area (Å²) in [6, 6.07) is 0. The van der Waals surface area contributed by atoms with Crippen molar-refractivity contribution in [2.45, 2.75) is 26.2 Å². The molecule has 0 unspecified atom stereocenters. The number of rotatable bonds is 3. The summed E-state index contributed by atoms with van der Waals surface area (Å²) >= 11 is 5.62. The highest BCUT2D eigenvalue weighted by atomic mass is 35.5. The van der Waals surface area contributed by atoms with Crippen LogP contribution in [0.4, 0.5) is 0 Å². The van der Waals surface area contributed by atoms with Crippen LogP contribution in [0.1, 0.15) is 25.6 Å². The molecule has 0 aromatic carbocycles. The molecule has 0 bridgehead atoms. The molecule has 1 aromatic rings. The average Bonchev–Trinajstić information content (AvgIpc) is 2.04. The Morgan fingerprint density at radius 2 is 2.00 bits per heavy atom. The number of halogens is 1. The molecule has 0 radical (unpaired) electrons. The number of unbranched alkanes of at least 4 members (excludes halogenated alkanes) is 1. The highest BCUT2D eigenvalue weighted by Crippen LogP contribution is 2.04. The lowest BCUT2D eigenvalue weighted by Crippen LogP contribution is -1.92. The second-order valence-electron chi connectivity index (χ2n) is 2.42. The van der Waals surface area contributed by atoms with Crippen LogP contribution in [-0.4, -0.2) is 9.97 Å². The van der Waals surface area contributed by atoms with Crippen molar-refractivity contribution in [1.29, 1.82) is 0 Å². The van der Waals surface area contributed by atoms with Gasteiger partial charge in [-0.05, 0) is 6.42 Å². The molecule has 0 spiro atoms. The fourth-order valence-corrected chi connectivity index (χ4v) is 0.901. The van der Waals surface area contributed by atoms with E-state index in [9.17, 15) is 0 Å². The van der Waals surface area contributed by atoms with E-state index in [1.807, 2.05) is 0 Å². The molecule has 0 aliphatic rings. The van der Waals surface area contributed by atoms with Gasteiger partial charge in [-0.2, -0.15) is 0 Å². The van der Waals surface area contributed by atoms with Gasteiger partial charge in [0.15, 0.2) is 0 Å². The van der Waals surface area contributed by atoms with E-state index in [4.69, 9.17) is 11.6 Å². The second-order valence-corrected chi connectivity index (χ2v) is 2.86. The number of aryl methyl sites for hydroxylation is 1. The van der Waals surface area contributed by atoms with Gasteiger partial charge in [-0.3, -0.25) is 0 Å². The summed E-state index contributed by atoms with van der Waals surface area (Å²) in [6.45, 7) is 2.15. The quantitative estimate of drug-likeness (QED) is 0.697. The topological polar surface area (TPSA) is 25.8 Å². The first kappa shape index (κ1) is 8.47. The lowest BCUT2D eigenvalue weighted by Gasteiger charge is -1.96. The molecular formula is C8H11ClN2. The van der Waals surface area contributed by atoms with Crippen LogP contribution < -0.4 is 0 Å². The van der Waals surface area contributed by atoms with Crippen LogP contribution in [0.3, 0.4) is 0 Å². The summed E-state index contributed by atoms with van der Waals surface area (Å²) in [5, 5.41) is 0.602. The fourth-order valence-electron chi connectivity index (χ4n) is 0.803. The smallest absolute Gasteiger partial charge is 0.128 e. The predicted molar refractivity (Wildman–Crippen MR) is 45.7 cm³/mol. The van der Waals surface area contributed by atoms with E-state index in [0.29, 0.717) is 5.02 Å². The van der Waals surface area contributed by atoms with Gasteiger partial charge in [-0.25, -0.2) is 9.97 Å². The molecule has 3 heteroatoms. The van der Waals surface area contributed by atoms with E-state index in [-0.39, 0.29) is 0 Å². The molecule has 1 aromatic heterocycles. The van der Waals surface area contributed by atoms with Gasteiger partial charge in [-0.1, -0.05) is 24.9 Å². The van der Waals surface area contributed by atoms with E-state index < -0.39 is 0 Å². The van der Waals surface area contributed by atoms with Crippen molar-refractivity contribution in [3.63, 3.8) is 0 Å². The molecule has 1 heterocycles. The normalized spacial score (nSPS) is 10.0. The van der Waals surface area contributed by atoms with E-state index in [0.717, 1.165) is 18.7 Å². The zero-order valence-corrected chi connectivity index (χ0v) is 7.30. The molecule has 11 heavy (non-hydrogen) atoms. The Morgan fingerprint density at radius 1 is 1.36 bits per heavy atom. The first-order chi connectivity index (χ1) is 5.33. The molecule has 0 amide bonds. The molecule has 2 nitrogen and oxygen atoms in total. The van der Waals surface area contributed by atoms with Crippen LogP contribution in [0.25, 0.3) is 0 Å². The molecule has 0 atom stereocenters. The van der Waals surface area contributed by atoms with Gasteiger partial charge >= 0.3 is 0 Å². The standard InChI is InChI=1S/C8H11ClN2/c1-2-3-4-8-10-5-7(9)6-11-8/h5-6H,2-4H2,1H3. The Hall–Kier alpha value is -0.630. The van der Waals surface area contributed by atoms with Gasteiger partial charge in [0.25, 0.3) is 0 Å². The lowest BCUT2D eigenvalue weighted by molar-refractivity contribution is 0.752. The van der Waals surface area contributed by atoms with Crippen LogP contribution in [0, 0.1) is 0 Å². The van der Waals surface area contributed by atoms with E-state index in [1.54, 1.807) is 12.4 Å². The zero-order chi connectivity index (χ0) is 8.10. The Morgan fingerprint density at radius 3 is 2.55 bits per heavy atom. The van der Waals surface area contributed by atoms with Crippen molar-refractivity contribution in [3.8, 4) is 0 Å². The Balaban J connectivity index is 2.52. The highest BCUT2D eigenvalue weighted by molar-refractivity contribution is 6.30. The second kappa shape index (κ2) is 4.29. The zero-order valence-electron chi connectivity index (χ0n) is 6.55. The van der Waals surface area contributed by atoms with Crippen molar-refractivity contribution in [2.75, 3.05) is 0 Å². The average molecular weight is 171 g/mol. The van der Waals surface area contributed by atoms with Gasteiger partial charge in [0, 0.05) is 18.8 Å². The van der Waals surface area contributed by atoms with Crippen molar-refractivity contribution >= 4 is 11.6 Å². The maximum Gasteiger partial charge on any atom is 0.128 e. The summed E-state index contributed by atoms with van der Waals surface area (Å²) in [4.78, 5) is 8.15. The van der Waals surface area contributed by atoms with Crippen molar-refractivity contribution < 1.29 is 0 Å². The summed E-state index contributed by atoms with van der Waals surface area (Å²) in [5.41, 5.74) is 0. The SMILES string of the molecule is CCCCc1ncc(Cl)cn1. The van der Waals surface area contributed by atoms with Crippen LogP contribution in [0.5, 0.6) is 0 Å². The van der Waals surface area contributed by atoms with E-state index >= 15 is 0 Å². The largest absolute Gasteiger partial charge is 0.240 e. The van der Waals surface area contributed by atoms with Crippen LogP contribution >= 0.6 is 11.6 Å². The van der Waals surface area contributed by atoms with E-state index in [1.165, 1.54) is 6.42 Å². The minimum absolute atomic E-state index is 0.602. The van der Waals surface area contributed by atoms with Gasteiger partial charge in [0.1, 0.15) is 5.82 Å².